The van der Waals surface area contributed by atoms with E-state index in [4.69, 9.17) is 0 Å². The average molecular weight is 203 g/mol. The molecule has 0 rings (SSSR count). The Morgan fingerprint density at radius 2 is 1.77 bits per heavy atom. The smallest absolute Gasteiger partial charge is 0.00360 e. The van der Waals surface area contributed by atoms with Crippen molar-refractivity contribution in [2.75, 3.05) is 18.6 Å². The summed E-state index contributed by atoms with van der Waals surface area (Å²) < 4.78 is 0. The van der Waals surface area contributed by atoms with E-state index in [2.05, 4.69) is 37.8 Å². The summed E-state index contributed by atoms with van der Waals surface area (Å²) in [7, 11) is 2.04. The lowest BCUT2D eigenvalue weighted by Crippen LogP contribution is -2.20. The fraction of sp³-hybridized carbons (Fsp3) is 1.00. The number of hydrogen-bond donors (Lipinski definition) is 1. The normalized spacial score (nSPS) is 13.6. The van der Waals surface area contributed by atoms with Crippen molar-refractivity contribution in [1.29, 1.82) is 0 Å². The Morgan fingerprint density at radius 3 is 2.31 bits per heavy atom. The second kappa shape index (κ2) is 8.89. The lowest BCUT2D eigenvalue weighted by Gasteiger charge is -2.09. The van der Waals surface area contributed by atoms with Crippen LogP contribution in [-0.4, -0.2) is 24.6 Å². The first kappa shape index (κ1) is 13.3. The molecule has 0 saturated heterocycles. The lowest BCUT2D eigenvalue weighted by atomic mass is 10.2. The molecule has 0 aromatic heterocycles. The van der Waals surface area contributed by atoms with Gasteiger partial charge in [-0.15, -0.1) is 0 Å². The Labute approximate surface area is 88.1 Å². The molecule has 1 unspecified atom stereocenters. The van der Waals surface area contributed by atoms with Gasteiger partial charge in [-0.2, -0.15) is 11.8 Å². The Bertz CT molecular complexity index is 104. The van der Waals surface area contributed by atoms with Crippen molar-refractivity contribution in [3.05, 3.63) is 0 Å². The van der Waals surface area contributed by atoms with Crippen LogP contribution in [0.1, 0.15) is 40.0 Å². The molecule has 0 bridgehead atoms. The third-order valence-electron chi connectivity index (χ3n) is 2.26. The molecule has 0 aliphatic heterocycles. The molecule has 2 heteroatoms. The van der Waals surface area contributed by atoms with E-state index in [0.29, 0.717) is 6.04 Å². The lowest BCUT2D eigenvalue weighted by molar-refractivity contribution is 0.559. The highest BCUT2D eigenvalue weighted by atomic mass is 32.2. The summed E-state index contributed by atoms with van der Waals surface area (Å²) in [5.74, 6) is 3.54. The molecule has 1 nitrogen and oxygen atoms in total. The Balaban J connectivity index is 2.99. The molecule has 0 radical (unpaired) electrons. The SMILES string of the molecule is CNC(C)CCCSCCC(C)C. The summed E-state index contributed by atoms with van der Waals surface area (Å²) in [5.41, 5.74) is 0. The molecule has 0 aliphatic carbocycles. The van der Waals surface area contributed by atoms with Gasteiger partial charge in [-0.25, -0.2) is 0 Å². The van der Waals surface area contributed by atoms with Crippen molar-refractivity contribution in [2.45, 2.75) is 46.1 Å². The largest absolute Gasteiger partial charge is 0.317 e. The molecule has 1 N–H and O–H groups in total. The van der Waals surface area contributed by atoms with Crippen LogP contribution in [0.4, 0.5) is 0 Å². The summed E-state index contributed by atoms with van der Waals surface area (Å²) in [6.45, 7) is 6.84. The summed E-state index contributed by atoms with van der Waals surface area (Å²) in [6.07, 6.45) is 4.03. The number of nitrogens with one attached hydrogen (secondary N) is 1. The van der Waals surface area contributed by atoms with Crippen molar-refractivity contribution in [2.24, 2.45) is 5.92 Å². The summed E-state index contributed by atoms with van der Waals surface area (Å²) in [5, 5.41) is 3.26. The van der Waals surface area contributed by atoms with Crippen LogP contribution in [0.3, 0.4) is 0 Å². The van der Waals surface area contributed by atoms with Gasteiger partial charge in [0.05, 0.1) is 0 Å². The molecule has 1 atom stereocenters. The maximum Gasteiger partial charge on any atom is 0.00360 e. The van der Waals surface area contributed by atoms with Gasteiger partial charge in [0, 0.05) is 6.04 Å². The molecule has 80 valence electrons. The van der Waals surface area contributed by atoms with Crippen molar-refractivity contribution < 1.29 is 0 Å². The molecule has 0 aromatic carbocycles. The number of thioether (sulfide) groups is 1. The van der Waals surface area contributed by atoms with E-state index in [1.807, 2.05) is 7.05 Å². The van der Waals surface area contributed by atoms with Crippen LogP contribution in [0.15, 0.2) is 0 Å². The fourth-order valence-corrected chi connectivity index (χ4v) is 2.27. The Morgan fingerprint density at radius 1 is 1.08 bits per heavy atom. The first-order valence-electron chi connectivity index (χ1n) is 5.41. The van der Waals surface area contributed by atoms with Gasteiger partial charge in [0.2, 0.25) is 0 Å². The van der Waals surface area contributed by atoms with E-state index in [0.717, 1.165) is 5.92 Å². The minimum Gasteiger partial charge on any atom is -0.317 e. The Hall–Kier alpha value is 0.310. The standard InChI is InChI=1S/C11H25NS/c1-10(2)7-9-13-8-5-6-11(3)12-4/h10-12H,5-9H2,1-4H3. The average Bonchev–Trinajstić information content (AvgIpc) is 2.10. The van der Waals surface area contributed by atoms with Gasteiger partial charge in [-0.3, -0.25) is 0 Å². The molecule has 0 heterocycles. The van der Waals surface area contributed by atoms with Crippen molar-refractivity contribution >= 4 is 11.8 Å². The Kier molecular flexibility index (Phi) is 9.10. The second-order valence-corrected chi connectivity index (χ2v) is 5.35. The maximum atomic E-state index is 3.26. The summed E-state index contributed by atoms with van der Waals surface area (Å²) >= 11 is 2.11. The first-order valence-corrected chi connectivity index (χ1v) is 6.57. The molecule has 0 aliphatic rings. The van der Waals surface area contributed by atoms with Crippen LogP contribution in [0, 0.1) is 5.92 Å². The van der Waals surface area contributed by atoms with Gasteiger partial charge in [0.1, 0.15) is 0 Å². The molecule has 0 amide bonds. The van der Waals surface area contributed by atoms with E-state index in [1.165, 1.54) is 30.8 Å². The molecular formula is C11H25NS. The monoisotopic (exact) mass is 203 g/mol. The van der Waals surface area contributed by atoms with E-state index in [9.17, 15) is 0 Å². The first-order chi connectivity index (χ1) is 6.16. The highest BCUT2D eigenvalue weighted by molar-refractivity contribution is 7.99. The van der Waals surface area contributed by atoms with Crippen LogP contribution in [0.5, 0.6) is 0 Å². The quantitative estimate of drug-likeness (QED) is 0.608. The van der Waals surface area contributed by atoms with Crippen LogP contribution in [0.2, 0.25) is 0 Å². The third kappa shape index (κ3) is 10.2. The topological polar surface area (TPSA) is 12.0 Å². The van der Waals surface area contributed by atoms with Gasteiger partial charge in [-0.1, -0.05) is 13.8 Å². The minimum atomic E-state index is 0.686. The molecule has 0 spiro atoms. The van der Waals surface area contributed by atoms with E-state index < -0.39 is 0 Å². The number of rotatable bonds is 8. The molecule has 0 aromatic rings. The van der Waals surface area contributed by atoms with E-state index >= 15 is 0 Å². The van der Waals surface area contributed by atoms with E-state index in [1.54, 1.807) is 0 Å². The second-order valence-electron chi connectivity index (χ2n) is 4.13. The van der Waals surface area contributed by atoms with Crippen molar-refractivity contribution in [1.82, 2.24) is 5.32 Å². The fourth-order valence-electron chi connectivity index (χ4n) is 1.06. The highest BCUT2D eigenvalue weighted by Gasteiger charge is 1.98. The minimum absolute atomic E-state index is 0.686. The van der Waals surface area contributed by atoms with Gasteiger partial charge >= 0.3 is 0 Å². The third-order valence-corrected chi connectivity index (χ3v) is 3.36. The summed E-state index contributed by atoms with van der Waals surface area (Å²) in [4.78, 5) is 0. The predicted molar refractivity (Wildman–Crippen MR) is 64.5 cm³/mol. The maximum absolute atomic E-state index is 3.26. The number of hydrogen-bond acceptors (Lipinski definition) is 2. The van der Waals surface area contributed by atoms with E-state index in [-0.39, 0.29) is 0 Å². The highest BCUT2D eigenvalue weighted by Crippen LogP contribution is 2.11. The molecular weight excluding hydrogens is 178 g/mol. The van der Waals surface area contributed by atoms with Crippen molar-refractivity contribution in [3.63, 3.8) is 0 Å². The van der Waals surface area contributed by atoms with Crippen LogP contribution >= 0.6 is 11.8 Å². The molecule has 13 heavy (non-hydrogen) atoms. The van der Waals surface area contributed by atoms with Crippen LogP contribution in [-0.2, 0) is 0 Å². The molecule has 0 saturated carbocycles. The zero-order valence-corrected chi connectivity index (χ0v) is 10.4. The van der Waals surface area contributed by atoms with Crippen LogP contribution in [0.25, 0.3) is 0 Å². The molecule has 0 fully saturated rings. The predicted octanol–water partition coefficient (Wildman–Crippen LogP) is 3.15. The van der Waals surface area contributed by atoms with Crippen molar-refractivity contribution in [3.8, 4) is 0 Å². The van der Waals surface area contributed by atoms with Gasteiger partial charge in [0.25, 0.3) is 0 Å². The summed E-state index contributed by atoms with van der Waals surface area (Å²) in [6, 6.07) is 0.686. The van der Waals surface area contributed by atoms with Gasteiger partial charge in [-0.05, 0) is 50.7 Å². The zero-order chi connectivity index (χ0) is 10.1. The zero-order valence-electron chi connectivity index (χ0n) is 9.60. The van der Waals surface area contributed by atoms with Crippen LogP contribution < -0.4 is 5.32 Å². The van der Waals surface area contributed by atoms with Gasteiger partial charge in [0.15, 0.2) is 0 Å². The van der Waals surface area contributed by atoms with Gasteiger partial charge < -0.3 is 5.32 Å².